The van der Waals surface area contributed by atoms with E-state index >= 15 is 0 Å². The van der Waals surface area contributed by atoms with Crippen molar-refractivity contribution in [3.63, 3.8) is 0 Å². The van der Waals surface area contributed by atoms with Gasteiger partial charge < -0.3 is 19.9 Å². The van der Waals surface area contributed by atoms with E-state index in [1.807, 2.05) is 6.07 Å². The standard InChI is InChI=1S/C25H35N3O3.2ClH/c1-30-25-16-20(17-27-12-8-21-4-2-3-5-22(21)9-13-27)6-7-24(25)31-19-23(29)18-28-14-10-26-11-15-28;;/h2-7,16,23,26,29H,8-15,17-19H2,1H3;2*1H. The number of fused-ring (bicyclic) bond motifs is 1. The molecule has 1 saturated heterocycles. The van der Waals surface area contributed by atoms with Crippen molar-refractivity contribution in [2.75, 3.05) is 59.5 Å². The minimum Gasteiger partial charge on any atom is -0.493 e. The van der Waals surface area contributed by atoms with E-state index in [4.69, 9.17) is 9.47 Å². The zero-order chi connectivity index (χ0) is 21.5. The molecule has 184 valence electrons. The Kier molecular flexibility index (Phi) is 11.7. The molecule has 1 atom stereocenters. The van der Waals surface area contributed by atoms with Crippen LogP contribution in [0, 0.1) is 0 Å². The van der Waals surface area contributed by atoms with E-state index in [-0.39, 0.29) is 31.4 Å². The zero-order valence-corrected chi connectivity index (χ0v) is 21.0. The molecule has 2 N–H and O–H groups in total. The summed E-state index contributed by atoms with van der Waals surface area (Å²) in [6.07, 6.45) is 1.68. The molecule has 2 aliphatic rings. The number of β-amino-alcohol motifs (C(OH)–C–C–N with tert-alkyl or cyclic N) is 1. The molecule has 0 radical (unpaired) electrons. The fourth-order valence-electron chi connectivity index (χ4n) is 4.49. The number of benzene rings is 2. The van der Waals surface area contributed by atoms with Gasteiger partial charge in [0.2, 0.25) is 0 Å². The van der Waals surface area contributed by atoms with Crippen molar-refractivity contribution < 1.29 is 14.6 Å². The number of hydrogen-bond acceptors (Lipinski definition) is 6. The number of aliphatic hydroxyl groups excluding tert-OH is 1. The van der Waals surface area contributed by atoms with Gasteiger partial charge in [-0.3, -0.25) is 9.80 Å². The lowest BCUT2D eigenvalue weighted by Gasteiger charge is -2.29. The van der Waals surface area contributed by atoms with Crippen LogP contribution >= 0.6 is 24.8 Å². The number of aliphatic hydroxyl groups is 1. The van der Waals surface area contributed by atoms with Gasteiger partial charge in [-0.2, -0.15) is 0 Å². The third kappa shape index (κ3) is 8.02. The van der Waals surface area contributed by atoms with E-state index in [1.165, 1.54) is 16.7 Å². The highest BCUT2D eigenvalue weighted by Gasteiger charge is 2.17. The minimum atomic E-state index is -0.513. The van der Waals surface area contributed by atoms with E-state index in [2.05, 4.69) is 51.5 Å². The van der Waals surface area contributed by atoms with Gasteiger partial charge in [0.25, 0.3) is 0 Å². The van der Waals surface area contributed by atoms with Crippen LogP contribution in [0.4, 0.5) is 0 Å². The fraction of sp³-hybridized carbons (Fsp3) is 0.520. The second-order valence-corrected chi connectivity index (χ2v) is 8.55. The van der Waals surface area contributed by atoms with Crippen LogP contribution in [-0.4, -0.2) is 80.5 Å². The predicted octanol–water partition coefficient (Wildman–Crippen LogP) is 2.78. The molecule has 0 amide bonds. The molecule has 6 nitrogen and oxygen atoms in total. The first-order valence-corrected chi connectivity index (χ1v) is 11.4. The second-order valence-electron chi connectivity index (χ2n) is 8.55. The minimum absolute atomic E-state index is 0. The molecule has 2 heterocycles. The Hall–Kier alpha value is -1.54. The average molecular weight is 498 g/mol. The monoisotopic (exact) mass is 497 g/mol. The van der Waals surface area contributed by atoms with Crippen LogP contribution in [0.15, 0.2) is 42.5 Å². The molecule has 2 aromatic carbocycles. The van der Waals surface area contributed by atoms with E-state index in [1.54, 1.807) is 7.11 Å². The number of nitrogens with zero attached hydrogens (tertiary/aromatic N) is 2. The molecule has 4 rings (SSSR count). The SMILES string of the molecule is COc1cc(CN2CCc3ccccc3CC2)ccc1OCC(O)CN1CCNCC1.Cl.Cl. The quantitative estimate of drug-likeness (QED) is 0.584. The highest BCUT2D eigenvalue weighted by atomic mass is 35.5. The Morgan fingerprint density at radius 2 is 1.58 bits per heavy atom. The van der Waals surface area contributed by atoms with Gasteiger partial charge in [0.1, 0.15) is 12.7 Å². The second kappa shape index (κ2) is 14.0. The van der Waals surface area contributed by atoms with Crippen molar-refractivity contribution in [2.24, 2.45) is 0 Å². The lowest BCUT2D eigenvalue weighted by Crippen LogP contribution is -2.47. The summed E-state index contributed by atoms with van der Waals surface area (Å²) < 4.78 is 11.5. The van der Waals surface area contributed by atoms with Gasteiger partial charge in [-0.25, -0.2) is 0 Å². The lowest BCUT2D eigenvalue weighted by atomic mass is 10.0. The van der Waals surface area contributed by atoms with Crippen LogP contribution in [0.3, 0.4) is 0 Å². The van der Waals surface area contributed by atoms with Gasteiger partial charge in [0.15, 0.2) is 11.5 Å². The van der Waals surface area contributed by atoms with Crippen molar-refractivity contribution >= 4 is 24.8 Å². The Balaban J connectivity index is 0.00000193. The molecule has 33 heavy (non-hydrogen) atoms. The summed E-state index contributed by atoms with van der Waals surface area (Å²) in [5, 5.41) is 13.7. The number of ether oxygens (including phenoxy) is 2. The summed E-state index contributed by atoms with van der Waals surface area (Å²) in [5.41, 5.74) is 4.17. The van der Waals surface area contributed by atoms with Crippen molar-refractivity contribution in [3.8, 4) is 11.5 Å². The Morgan fingerprint density at radius 1 is 0.909 bits per heavy atom. The largest absolute Gasteiger partial charge is 0.493 e. The van der Waals surface area contributed by atoms with Gasteiger partial charge in [-0.05, 0) is 41.7 Å². The topological polar surface area (TPSA) is 57.2 Å². The van der Waals surface area contributed by atoms with Crippen LogP contribution in [0.1, 0.15) is 16.7 Å². The molecular formula is C25H37Cl2N3O3. The third-order valence-corrected chi connectivity index (χ3v) is 6.26. The molecule has 0 aromatic heterocycles. The summed E-state index contributed by atoms with van der Waals surface area (Å²) >= 11 is 0. The normalized spacial score (nSPS) is 17.6. The van der Waals surface area contributed by atoms with Gasteiger partial charge in [0.05, 0.1) is 7.11 Å². The predicted molar refractivity (Wildman–Crippen MR) is 137 cm³/mol. The van der Waals surface area contributed by atoms with Crippen molar-refractivity contribution in [2.45, 2.75) is 25.5 Å². The van der Waals surface area contributed by atoms with Crippen molar-refractivity contribution in [1.29, 1.82) is 0 Å². The van der Waals surface area contributed by atoms with Gasteiger partial charge in [-0.15, -0.1) is 24.8 Å². The number of halogens is 2. The van der Waals surface area contributed by atoms with Crippen molar-refractivity contribution in [1.82, 2.24) is 15.1 Å². The summed E-state index contributed by atoms with van der Waals surface area (Å²) in [6, 6.07) is 14.9. The molecule has 0 bridgehead atoms. The highest BCUT2D eigenvalue weighted by Crippen LogP contribution is 2.29. The molecule has 1 fully saturated rings. The molecule has 1 unspecified atom stereocenters. The highest BCUT2D eigenvalue weighted by molar-refractivity contribution is 5.85. The number of nitrogens with one attached hydrogen (secondary N) is 1. The molecular weight excluding hydrogens is 461 g/mol. The number of piperazine rings is 1. The molecule has 2 aliphatic heterocycles. The third-order valence-electron chi connectivity index (χ3n) is 6.26. The number of rotatable bonds is 8. The Labute approximate surface area is 210 Å². The van der Waals surface area contributed by atoms with Gasteiger partial charge in [0, 0.05) is 52.4 Å². The molecule has 0 spiro atoms. The van der Waals surface area contributed by atoms with Crippen LogP contribution in [0.5, 0.6) is 11.5 Å². The zero-order valence-electron chi connectivity index (χ0n) is 19.4. The lowest BCUT2D eigenvalue weighted by molar-refractivity contribution is 0.0632. The Bertz CT molecular complexity index is 822. The van der Waals surface area contributed by atoms with Gasteiger partial charge in [-0.1, -0.05) is 30.3 Å². The smallest absolute Gasteiger partial charge is 0.161 e. The van der Waals surface area contributed by atoms with Crippen molar-refractivity contribution in [3.05, 3.63) is 59.2 Å². The van der Waals surface area contributed by atoms with E-state index < -0.39 is 6.10 Å². The summed E-state index contributed by atoms with van der Waals surface area (Å²) in [4.78, 5) is 4.77. The van der Waals surface area contributed by atoms with Crippen LogP contribution < -0.4 is 14.8 Å². The summed E-state index contributed by atoms with van der Waals surface area (Å²) in [6.45, 7) is 7.83. The van der Waals surface area contributed by atoms with E-state index in [9.17, 15) is 5.11 Å². The van der Waals surface area contributed by atoms with Crippen LogP contribution in [-0.2, 0) is 19.4 Å². The van der Waals surface area contributed by atoms with E-state index in [0.717, 1.165) is 64.4 Å². The molecule has 0 aliphatic carbocycles. The number of methoxy groups -OCH3 is 1. The first kappa shape index (κ1) is 27.7. The summed E-state index contributed by atoms with van der Waals surface area (Å²) in [7, 11) is 1.67. The molecule has 2 aromatic rings. The van der Waals surface area contributed by atoms with Gasteiger partial charge >= 0.3 is 0 Å². The maximum atomic E-state index is 10.4. The molecule has 8 heteroatoms. The van der Waals surface area contributed by atoms with Crippen LogP contribution in [0.25, 0.3) is 0 Å². The first-order chi connectivity index (χ1) is 15.2. The average Bonchev–Trinajstić information content (AvgIpc) is 3.01. The van der Waals surface area contributed by atoms with Crippen LogP contribution in [0.2, 0.25) is 0 Å². The Morgan fingerprint density at radius 3 is 2.21 bits per heavy atom. The first-order valence-electron chi connectivity index (χ1n) is 11.4. The fourth-order valence-corrected chi connectivity index (χ4v) is 4.49. The number of hydrogen-bond donors (Lipinski definition) is 2. The summed E-state index contributed by atoms with van der Waals surface area (Å²) in [5.74, 6) is 1.42. The van der Waals surface area contributed by atoms with E-state index in [0.29, 0.717) is 12.3 Å². The molecule has 0 saturated carbocycles. The maximum absolute atomic E-state index is 10.4. The maximum Gasteiger partial charge on any atom is 0.161 e.